The highest BCUT2D eigenvalue weighted by Crippen LogP contribution is 2.20. The molecular formula is C12H10N2O4. The summed E-state index contributed by atoms with van der Waals surface area (Å²) in [4.78, 5) is 21.6. The molecule has 0 amide bonds. The van der Waals surface area contributed by atoms with Crippen LogP contribution in [0.3, 0.4) is 0 Å². The van der Waals surface area contributed by atoms with E-state index in [9.17, 15) is 14.9 Å². The molecule has 92 valence electrons. The molecule has 1 aromatic rings. The van der Waals surface area contributed by atoms with Crippen molar-refractivity contribution in [3.05, 3.63) is 45.5 Å². The van der Waals surface area contributed by atoms with E-state index in [1.165, 1.54) is 18.2 Å². The average Bonchev–Trinajstić information content (AvgIpc) is 2.36. The number of para-hydroxylation sites is 1. The summed E-state index contributed by atoms with van der Waals surface area (Å²) in [7, 11) is 0. The minimum absolute atomic E-state index is 0.134. The van der Waals surface area contributed by atoms with Gasteiger partial charge < -0.3 is 4.74 Å². The predicted molar refractivity (Wildman–Crippen MR) is 63.3 cm³/mol. The Morgan fingerprint density at radius 1 is 1.56 bits per heavy atom. The maximum atomic E-state index is 11.4. The zero-order valence-electron chi connectivity index (χ0n) is 9.62. The van der Waals surface area contributed by atoms with Gasteiger partial charge in [-0.05, 0) is 19.1 Å². The highest BCUT2D eigenvalue weighted by Gasteiger charge is 2.15. The van der Waals surface area contributed by atoms with E-state index >= 15 is 0 Å². The van der Waals surface area contributed by atoms with Crippen LogP contribution in [0.25, 0.3) is 6.08 Å². The SMILES string of the molecule is CCOC(=O)C(C#N)=Cc1ccccc1[N+](=O)[O-]. The molecule has 6 heteroatoms. The van der Waals surface area contributed by atoms with Crippen molar-refractivity contribution in [3.63, 3.8) is 0 Å². The molecule has 18 heavy (non-hydrogen) atoms. The summed E-state index contributed by atoms with van der Waals surface area (Å²) >= 11 is 0. The van der Waals surface area contributed by atoms with Crippen LogP contribution in [0.1, 0.15) is 12.5 Å². The van der Waals surface area contributed by atoms with Crippen molar-refractivity contribution in [3.8, 4) is 6.07 Å². The minimum Gasteiger partial charge on any atom is -0.462 e. The van der Waals surface area contributed by atoms with Crippen LogP contribution in [0, 0.1) is 21.4 Å². The van der Waals surface area contributed by atoms with Crippen molar-refractivity contribution in [1.82, 2.24) is 0 Å². The van der Waals surface area contributed by atoms with E-state index in [1.807, 2.05) is 0 Å². The molecule has 0 fully saturated rings. The molecule has 0 heterocycles. The van der Waals surface area contributed by atoms with Crippen LogP contribution in [0.4, 0.5) is 5.69 Å². The van der Waals surface area contributed by atoms with E-state index in [2.05, 4.69) is 4.74 Å². The average molecular weight is 246 g/mol. The third kappa shape index (κ3) is 3.15. The van der Waals surface area contributed by atoms with E-state index in [-0.39, 0.29) is 23.4 Å². The molecule has 1 aromatic carbocycles. The van der Waals surface area contributed by atoms with Crippen molar-refractivity contribution < 1.29 is 14.5 Å². The Morgan fingerprint density at radius 2 is 2.22 bits per heavy atom. The van der Waals surface area contributed by atoms with Crippen LogP contribution in [0.15, 0.2) is 29.8 Å². The van der Waals surface area contributed by atoms with Crippen molar-refractivity contribution in [1.29, 1.82) is 5.26 Å². The van der Waals surface area contributed by atoms with Gasteiger partial charge in [0, 0.05) is 6.07 Å². The van der Waals surface area contributed by atoms with E-state index in [0.29, 0.717) is 0 Å². The van der Waals surface area contributed by atoms with Gasteiger partial charge in [0.15, 0.2) is 0 Å². The lowest BCUT2D eigenvalue weighted by Gasteiger charge is -2.00. The van der Waals surface area contributed by atoms with Crippen LogP contribution in [-0.4, -0.2) is 17.5 Å². The molecule has 0 radical (unpaired) electrons. The molecule has 6 nitrogen and oxygen atoms in total. The van der Waals surface area contributed by atoms with Crippen LogP contribution in [0.2, 0.25) is 0 Å². The van der Waals surface area contributed by atoms with Gasteiger partial charge in [-0.15, -0.1) is 0 Å². The maximum absolute atomic E-state index is 11.4. The lowest BCUT2D eigenvalue weighted by atomic mass is 10.1. The smallest absolute Gasteiger partial charge is 0.348 e. The topological polar surface area (TPSA) is 93.2 Å². The quantitative estimate of drug-likeness (QED) is 0.266. The summed E-state index contributed by atoms with van der Waals surface area (Å²) in [5.74, 6) is -0.793. The molecule has 0 bridgehead atoms. The number of benzene rings is 1. The first kappa shape index (κ1) is 13.4. The Kier molecular flexibility index (Phi) is 4.58. The molecular weight excluding hydrogens is 236 g/mol. The zero-order chi connectivity index (χ0) is 13.5. The molecule has 0 aliphatic heterocycles. The molecule has 0 aliphatic carbocycles. The first-order valence-electron chi connectivity index (χ1n) is 5.12. The number of carbonyl (C=O) groups excluding carboxylic acids is 1. The number of nitriles is 1. The van der Waals surface area contributed by atoms with Gasteiger partial charge in [-0.2, -0.15) is 5.26 Å². The third-order valence-corrected chi connectivity index (χ3v) is 2.05. The normalized spacial score (nSPS) is 10.6. The summed E-state index contributed by atoms with van der Waals surface area (Å²) in [5, 5.41) is 19.6. The summed E-state index contributed by atoms with van der Waals surface area (Å²) in [5.41, 5.74) is -0.257. The van der Waals surface area contributed by atoms with Gasteiger partial charge in [0.2, 0.25) is 0 Å². The minimum atomic E-state index is -0.793. The maximum Gasteiger partial charge on any atom is 0.348 e. The van der Waals surface area contributed by atoms with Crippen molar-refractivity contribution >= 4 is 17.7 Å². The van der Waals surface area contributed by atoms with Gasteiger partial charge in [0.25, 0.3) is 5.69 Å². The van der Waals surface area contributed by atoms with Crippen molar-refractivity contribution in [2.24, 2.45) is 0 Å². The van der Waals surface area contributed by atoms with Crippen LogP contribution >= 0.6 is 0 Å². The van der Waals surface area contributed by atoms with Crippen molar-refractivity contribution in [2.45, 2.75) is 6.92 Å². The highest BCUT2D eigenvalue weighted by molar-refractivity contribution is 5.98. The van der Waals surface area contributed by atoms with Gasteiger partial charge in [-0.3, -0.25) is 10.1 Å². The lowest BCUT2D eigenvalue weighted by molar-refractivity contribution is -0.385. The van der Waals surface area contributed by atoms with Crippen LogP contribution in [0.5, 0.6) is 0 Å². The summed E-state index contributed by atoms with van der Waals surface area (Å²) < 4.78 is 4.67. The fourth-order valence-electron chi connectivity index (χ4n) is 1.28. The standard InChI is InChI=1S/C12H10N2O4/c1-2-18-12(15)10(8-13)7-9-5-3-4-6-11(9)14(16)17/h3-7H,2H2,1H3. The number of hydrogen-bond donors (Lipinski definition) is 0. The number of ether oxygens (including phenoxy) is 1. The zero-order valence-corrected chi connectivity index (χ0v) is 9.62. The second-order valence-corrected chi connectivity index (χ2v) is 3.21. The fraction of sp³-hybridized carbons (Fsp3) is 0.167. The Balaban J connectivity index is 3.18. The number of nitro benzene ring substituents is 1. The molecule has 0 saturated carbocycles. The van der Waals surface area contributed by atoms with E-state index in [0.717, 1.165) is 6.08 Å². The third-order valence-electron chi connectivity index (χ3n) is 2.05. The molecule has 1 rings (SSSR count). The fourth-order valence-corrected chi connectivity index (χ4v) is 1.28. The number of esters is 1. The number of carbonyl (C=O) groups is 1. The monoisotopic (exact) mass is 246 g/mol. The molecule has 0 N–H and O–H groups in total. The first-order valence-corrected chi connectivity index (χ1v) is 5.12. The van der Waals surface area contributed by atoms with E-state index < -0.39 is 10.9 Å². The van der Waals surface area contributed by atoms with Crippen LogP contribution in [-0.2, 0) is 9.53 Å². The molecule has 0 atom stereocenters. The molecule has 0 unspecified atom stereocenters. The highest BCUT2D eigenvalue weighted by atomic mass is 16.6. The Labute approximate surface area is 103 Å². The number of nitrogens with zero attached hydrogens (tertiary/aromatic N) is 2. The van der Waals surface area contributed by atoms with Gasteiger partial charge in [0.05, 0.1) is 17.1 Å². The van der Waals surface area contributed by atoms with Gasteiger partial charge >= 0.3 is 5.97 Å². The second kappa shape index (κ2) is 6.15. The molecule has 0 spiro atoms. The largest absolute Gasteiger partial charge is 0.462 e. The van der Waals surface area contributed by atoms with Crippen molar-refractivity contribution in [2.75, 3.05) is 6.61 Å². The molecule has 0 aliphatic rings. The summed E-state index contributed by atoms with van der Waals surface area (Å²) in [6.07, 6.45) is 1.15. The molecule has 0 saturated heterocycles. The van der Waals surface area contributed by atoms with Gasteiger partial charge in [-0.25, -0.2) is 4.79 Å². The Hall–Kier alpha value is -2.68. The second-order valence-electron chi connectivity index (χ2n) is 3.21. The number of nitro groups is 1. The summed E-state index contributed by atoms with van der Waals surface area (Å²) in [6, 6.07) is 7.50. The lowest BCUT2D eigenvalue weighted by Crippen LogP contribution is -2.06. The predicted octanol–water partition coefficient (Wildman–Crippen LogP) is 2.06. The molecule has 0 aromatic heterocycles. The van der Waals surface area contributed by atoms with E-state index in [4.69, 9.17) is 5.26 Å². The van der Waals surface area contributed by atoms with E-state index in [1.54, 1.807) is 19.1 Å². The first-order chi connectivity index (χ1) is 8.60. The summed E-state index contributed by atoms with van der Waals surface area (Å²) in [6.45, 7) is 1.74. The van der Waals surface area contributed by atoms with Gasteiger partial charge in [0.1, 0.15) is 11.6 Å². The Morgan fingerprint density at radius 3 is 2.78 bits per heavy atom. The number of hydrogen-bond acceptors (Lipinski definition) is 5. The Bertz CT molecular complexity index is 543. The van der Waals surface area contributed by atoms with Gasteiger partial charge in [-0.1, -0.05) is 12.1 Å². The van der Waals surface area contributed by atoms with Crippen LogP contribution < -0.4 is 0 Å². The number of rotatable bonds is 4.